The van der Waals surface area contributed by atoms with Crippen LogP contribution in [0.1, 0.15) is 19.3 Å². The molecule has 2 aliphatic heterocycles. The molecule has 0 spiro atoms. The van der Waals surface area contributed by atoms with Gasteiger partial charge in [-0.1, -0.05) is 6.58 Å². The molecule has 2 fully saturated rings. The third-order valence-corrected chi connectivity index (χ3v) is 3.95. The van der Waals surface area contributed by atoms with Crippen LogP contribution in [0, 0.1) is 0 Å². The zero-order valence-electron chi connectivity index (χ0n) is 9.85. The van der Waals surface area contributed by atoms with Gasteiger partial charge in [0.1, 0.15) is 0 Å². The molecule has 2 saturated heterocycles. The molecular weight excluding hydrogens is 204 g/mol. The quantitative estimate of drug-likeness (QED) is 0.720. The minimum atomic E-state index is -0.872. The van der Waals surface area contributed by atoms with E-state index in [-0.39, 0.29) is 0 Å². The third kappa shape index (κ3) is 2.28. The summed E-state index contributed by atoms with van der Waals surface area (Å²) in [5, 5.41) is 8.83. The predicted octanol–water partition coefficient (Wildman–Crippen LogP) is 0.796. The number of likely N-dealkylation sites (N-methyl/N-ethyl adjacent to an activating group) is 1. The Hall–Kier alpha value is -0.870. The molecule has 2 unspecified atom stereocenters. The number of likely N-dealkylation sites (tertiary alicyclic amines) is 1. The SMILES string of the molecule is C=C(CN1CCC2CCC(C1)N2C)C(=O)O. The predicted molar refractivity (Wildman–Crippen MR) is 62.4 cm³/mol. The smallest absolute Gasteiger partial charge is 0.332 e. The summed E-state index contributed by atoms with van der Waals surface area (Å²) < 4.78 is 0. The molecule has 0 amide bonds. The van der Waals surface area contributed by atoms with E-state index in [1.165, 1.54) is 12.8 Å². The Labute approximate surface area is 96.5 Å². The molecule has 1 N–H and O–H groups in total. The maximum absolute atomic E-state index is 10.7. The molecular formula is C12H20N2O2. The van der Waals surface area contributed by atoms with Crippen LogP contribution in [0.5, 0.6) is 0 Å². The third-order valence-electron chi connectivity index (χ3n) is 3.95. The molecule has 2 heterocycles. The lowest BCUT2D eigenvalue weighted by Crippen LogP contribution is -2.37. The van der Waals surface area contributed by atoms with Crippen LogP contribution in [-0.2, 0) is 4.79 Å². The van der Waals surface area contributed by atoms with Gasteiger partial charge in [-0.3, -0.25) is 9.80 Å². The number of carbonyl (C=O) groups is 1. The van der Waals surface area contributed by atoms with Gasteiger partial charge in [-0.2, -0.15) is 0 Å². The normalized spacial score (nSPS) is 31.3. The first-order valence-corrected chi connectivity index (χ1v) is 5.93. The second kappa shape index (κ2) is 4.55. The molecule has 2 aliphatic rings. The summed E-state index contributed by atoms with van der Waals surface area (Å²) >= 11 is 0. The second-order valence-electron chi connectivity index (χ2n) is 4.98. The van der Waals surface area contributed by atoms with E-state index < -0.39 is 5.97 Å². The van der Waals surface area contributed by atoms with E-state index in [2.05, 4.69) is 23.4 Å². The zero-order chi connectivity index (χ0) is 11.7. The van der Waals surface area contributed by atoms with Gasteiger partial charge in [-0.15, -0.1) is 0 Å². The van der Waals surface area contributed by atoms with Gasteiger partial charge >= 0.3 is 5.97 Å². The molecule has 0 aliphatic carbocycles. The number of nitrogens with zero attached hydrogens (tertiary/aromatic N) is 2. The summed E-state index contributed by atoms with van der Waals surface area (Å²) in [6.45, 7) is 6.09. The molecule has 2 rings (SSSR count). The summed E-state index contributed by atoms with van der Waals surface area (Å²) in [6.07, 6.45) is 3.70. The number of hydrogen-bond acceptors (Lipinski definition) is 3. The molecule has 0 aromatic carbocycles. The van der Waals surface area contributed by atoms with E-state index in [0.717, 1.165) is 19.5 Å². The molecule has 0 saturated carbocycles. The number of hydrogen-bond donors (Lipinski definition) is 1. The van der Waals surface area contributed by atoms with Crippen molar-refractivity contribution in [3.63, 3.8) is 0 Å². The van der Waals surface area contributed by atoms with Gasteiger partial charge < -0.3 is 5.11 Å². The number of fused-ring (bicyclic) bond motifs is 2. The average molecular weight is 224 g/mol. The summed E-state index contributed by atoms with van der Waals surface area (Å²) in [4.78, 5) is 15.4. The number of carboxylic acid groups (broad SMARTS) is 1. The van der Waals surface area contributed by atoms with Crippen LogP contribution in [0.25, 0.3) is 0 Å². The molecule has 2 atom stereocenters. The lowest BCUT2D eigenvalue weighted by Gasteiger charge is -2.25. The molecule has 90 valence electrons. The fourth-order valence-corrected chi connectivity index (χ4v) is 2.86. The Morgan fingerprint density at radius 1 is 1.38 bits per heavy atom. The van der Waals surface area contributed by atoms with Crippen molar-refractivity contribution in [3.05, 3.63) is 12.2 Å². The second-order valence-corrected chi connectivity index (χ2v) is 4.98. The highest BCUT2D eigenvalue weighted by atomic mass is 16.4. The topological polar surface area (TPSA) is 43.8 Å². The number of carboxylic acids is 1. The molecule has 4 heteroatoms. The van der Waals surface area contributed by atoms with Crippen LogP contribution < -0.4 is 0 Å². The van der Waals surface area contributed by atoms with E-state index in [0.29, 0.717) is 24.2 Å². The first-order valence-electron chi connectivity index (χ1n) is 5.93. The maximum Gasteiger partial charge on any atom is 0.332 e. The minimum absolute atomic E-state index is 0.306. The van der Waals surface area contributed by atoms with Gasteiger partial charge in [-0.25, -0.2) is 4.79 Å². The van der Waals surface area contributed by atoms with E-state index >= 15 is 0 Å². The first-order chi connectivity index (χ1) is 7.58. The highest BCUT2D eigenvalue weighted by Gasteiger charge is 2.34. The standard InChI is InChI=1S/C12H20N2O2/c1-9(12(15)16)7-14-6-5-10-3-4-11(8-14)13(10)2/h10-11H,1,3-8H2,2H3,(H,15,16). The van der Waals surface area contributed by atoms with E-state index in [1.54, 1.807) is 0 Å². The lowest BCUT2D eigenvalue weighted by atomic mass is 10.1. The van der Waals surface area contributed by atoms with Crippen molar-refractivity contribution in [3.8, 4) is 0 Å². The van der Waals surface area contributed by atoms with Crippen LogP contribution in [0.3, 0.4) is 0 Å². The molecule has 0 aromatic rings. The van der Waals surface area contributed by atoms with Crippen LogP contribution in [-0.4, -0.2) is 59.6 Å². The first kappa shape index (κ1) is 11.6. The lowest BCUT2D eigenvalue weighted by molar-refractivity contribution is -0.132. The van der Waals surface area contributed by atoms with Crippen LogP contribution in [0.4, 0.5) is 0 Å². The maximum atomic E-state index is 10.7. The van der Waals surface area contributed by atoms with Crippen molar-refractivity contribution in [2.24, 2.45) is 0 Å². The molecule has 0 aromatic heterocycles. The Balaban J connectivity index is 1.94. The van der Waals surface area contributed by atoms with Gasteiger partial charge in [0.05, 0.1) is 0 Å². The van der Waals surface area contributed by atoms with Crippen LogP contribution >= 0.6 is 0 Å². The van der Waals surface area contributed by atoms with Crippen molar-refractivity contribution in [1.82, 2.24) is 9.80 Å². The number of rotatable bonds is 3. The number of aliphatic carboxylic acids is 1. The summed E-state index contributed by atoms with van der Waals surface area (Å²) in [6, 6.07) is 1.31. The van der Waals surface area contributed by atoms with Crippen molar-refractivity contribution in [2.45, 2.75) is 31.3 Å². The van der Waals surface area contributed by atoms with Gasteiger partial charge in [0.15, 0.2) is 0 Å². The molecule has 2 bridgehead atoms. The molecule has 16 heavy (non-hydrogen) atoms. The molecule has 0 radical (unpaired) electrons. The van der Waals surface area contributed by atoms with Gasteiger partial charge in [0, 0.05) is 37.3 Å². The fourth-order valence-electron chi connectivity index (χ4n) is 2.86. The highest BCUT2D eigenvalue weighted by Crippen LogP contribution is 2.28. The van der Waals surface area contributed by atoms with Gasteiger partial charge in [-0.05, 0) is 26.3 Å². The summed E-state index contributed by atoms with van der Waals surface area (Å²) in [5.41, 5.74) is 0.306. The van der Waals surface area contributed by atoms with E-state index in [9.17, 15) is 4.79 Å². The van der Waals surface area contributed by atoms with Crippen molar-refractivity contribution in [1.29, 1.82) is 0 Å². The van der Waals surface area contributed by atoms with Crippen LogP contribution in [0.2, 0.25) is 0 Å². The Morgan fingerprint density at radius 3 is 2.75 bits per heavy atom. The largest absolute Gasteiger partial charge is 0.478 e. The molecule has 4 nitrogen and oxygen atoms in total. The Bertz CT molecular complexity index is 303. The Kier molecular flexibility index (Phi) is 3.30. The van der Waals surface area contributed by atoms with E-state index in [4.69, 9.17) is 5.11 Å². The summed E-state index contributed by atoms with van der Waals surface area (Å²) in [7, 11) is 2.19. The summed E-state index contributed by atoms with van der Waals surface area (Å²) in [5.74, 6) is -0.872. The van der Waals surface area contributed by atoms with Gasteiger partial charge in [0.25, 0.3) is 0 Å². The zero-order valence-corrected chi connectivity index (χ0v) is 9.85. The average Bonchev–Trinajstić information content (AvgIpc) is 2.46. The van der Waals surface area contributed by atoms with E-state index in [1.807, 2.05) is 0 Å². The van der Waals surface area contributed by atoms with Crippen molar-refractivity contribution < 1.29 is 9.90 Å². The van der Waals surface area contributed by atoms with Gasteiger partial charge in [0.2, 0.25) is 0 Å². The monoisotopic (exact) mass is 224 g/mol. The fraction of sp³-hybridized carbons (Fsp3) is 0.750. The Morgan fingerprint density at radius 2 is 2.06 bits per heavy atom. The van der Waals surface area contributed by atoms with Crippen LogP contribution in [0.15, 0.2) is 12.2 Å². The minimum Gasteiger partial charge on any atom is -0.478 e. The van der Waals surface area contributed by atoms with Crippen molar-refractivity contribution in [2.75, 3.05) is 26.7 Å². The highest BCUT2D eigenvalue weighted by molar-refractivity contribution is 5.86. The van der Waals surface area contributed by atoms with Crippen molar-refractivity contribution >= 4 is 5.97 Å².